The molecule has 0 saturated carbocycles. The van der Waals surface area contributed by atoms with Crippen molar-refractivity contribution in [2.24, 2.45) is 0 Å². The number of rotatable bonds is 7. The van der Waals surface area contributed by atoms with E-state index >= 15 is 4.48 Å². The molecule has 192 valence electrons. The van der Waals surface area contributed by atoms with Crippen molar-refractivity contribution in [2.45, 2.75) is 51.5 Å². The maximum atomic E-state index is 15.6. The van der Waals surface area contributed by atoms with Gasteiger partial charge in [-0.15, -0.1) is 0 Å². The summed E-state index contributed by atoms with van der Waals surface area (Å²) < 4.78 is 29.2. The lowest BCUT2D eigenvalue weighted by atomic mass is 9.92. The average molecular weight is 506 g/mol. The molecule has 1 aliphatic rings. The van der Waals surface area contributed by atoms with Gasteiger partial charge in [0, 0.05) is 11.3 Å². The van der Waals surface area contributed by atoms with Crippen LogP contribution in [0.25, 0.3) is 11.1 Å². The van der Waals surface area contributed by atoms with Crippen molar-refractivity contribution in [1.82, 2.24) is 5.12 Å². The van der Waals surface area contributed by atoms with E-state index < -0.39 is 41.9 Å². The Morgan fingerprint density at radius 1 is 1.08 bits per heavy atom. The highest BCUT2D eigenvalue weighted by Gasteiger charge is 2.41. The van der Waals surface area contributed by atoms with E-state index in [9.17, 15) is 18.8 Å². The first-order chi connectivity index (χ1) is 17.7. The summed E-state index contributed by atoms with van der Waals surface area (Å²) in [5.41, 5.74) is 9.15. The quantitative estimate of drug-likeness (QED) is 0.336. The first-order valence-electron chi connectivity index (χ1n) is 12.3. The molecule has 1 heterocycles. The molecule has 3 aromatic carbocycles. The molecular weight excluding hydrogens is 476 g/mol. The van der Waals surface area contributed by atoms with Gasteiger partial charge in [-0.25, -0.2) is 9.29 Å². The van der Waals surface area contributed by atoms with Gasteiger partial charge >= 0.3 is 0 Å². The fourth-order valence-electron chi connectivity index (χ4n) is 4.76. The van der Waals surface area contributed by atoms with Crippen LogP contribution >= 0.6 is 0 Å². The number of nitrogen functional groups attached to an aromatic ring is 1. The maximum Gasteiger partial charge on any atom is 0.259 e. The number of unbranched alkanes of at least 4 members (excludes halogenated alkanes) is 1. The first-order valence-corrected chi connectivity index (χ1v) is 12.3. The van der Waals surface area contributed by atoms with Gasteiger partial charge in [-0.05, 0) is 54.3 Å². The Morgan fingerprint density at radius 3 is 2.54 bits per heavy atom. The predicted octanol–water partition coefficient (Wildman–Crippen LogP) is 5.57. The van der Waals surface area contributed by atoms with Crippen molar-refractivity contribution in [2.75, 3.05) is 10.6 Å². The Morgan fingerprint density at radius 2 is 1.81 bits per heavy atom. The van der Waals surface area contributed by atoms with E-state index in [1.54, 1.807) is 37.3 Å². The summed E-state index contributed by atoms with van der Waals surface area (Å²) in [4.78, 5) is 41.5. The van der Waals surface area contributed by atoms with E-state index in [0.29, 0.717) is 29.7 Å². The van der Waals surface area contributed by atoms with Crippen LogP contribution in [0.3, 0.4) is 0 Å². The van der Waals surface area contributed by atoms with Crippen LogP contribution in [-0.2, 0) is 20.8 Å². The zero-order chi connectivity index (χ0) is 26.7. The zero-order valence-electron chi connectivity index (χ0n) is 20.8. The van der Waals surface area contributed by atoms with Gasteiger partial charge in [-0.3, -0.25) is 14.4 Å². The Kier molecular flexibility index (Phi) is 7.66. The highest BCUT2D eigenvalue weighted by molar-refractivity contribution is 6.22. The maximum absolute atomic E-state index is 15.6. The number of nitrogens with zero attached hydrogens (tertiary/aromatic N) is 2. The number of benzene rings is 3. The molecule has 0 spiro atoms. The number of imide groups is 1. The Hall–Kier alpha value is -4.07. The standard InChI is InChI=1S/C29H29F2N3O3/c1-3-4-14-25(34(31)26(35)17-19-9-7-10-20(30)16-19)29(37)33-24-15-8-13-23(32)27(24)22-12-6-5-11-21(22)18(2)28(33)36/h5-13,15-16,18,25H,3-4,14,17,32H2,1-2H3/t18?,25-/m0/s1. The van der Waals surface area contributed by atoms with Gasteiger partial charge in [0.1, 0.15) is 11.9 Å². The highest BCUT2D eigenvalue weighted by atomic mass is 19.2. The van der Waals surface area contributed by atoms with Crippen LogP contribution in [0.15, 0.2) is 66.7 Å². The second-order valence-electron chi connectivity index (χ2n) is 9.23. The van der Waals surface area contributed by atoms with Crippen molar-refractivity contribution in [1.29, 1.82) is 0 Å². The Balaban J connectivity index is 1.75. The van der Waals surface area contributed by atoms with Crippen LogP contribution in [-0.4, -0.2) is 28.9 Å². The van der Waals surface area contributed by atoms with Crippen molar-refractivity contribution in [3.63, 3.8) is 0 Å². The van der Waals surface area contributed by atoms with E-state index in [-0.39, 0.29) is 22.8 Å². The van der Waals surface area contributed by atoms with E-state index in [2.05, 4.69) is 0 Å². The number of hydrogen-bond donors (Lipinski definition) is 1. The molecule has 1 aliphatic heterocycles. The summed E-state index contributed by atoms with van der Waals surface area (Å²) in [6.07, 6.45) is 0.688. The number of nitrogens with two attached hydrogens (primary N) is 1. The van der Waals surface area contributed by atoms with E-state index in [1.807, 2.05) is 19.1 Å². The monoisotopic (exact) mass is 505 g/mol. The van der Waals surface area contributed by atoms with Crippen molar-refractivity contribution < 1.29 is 23.3 Å². The molecule has 0 aromatic heterocycles. The number of hydrogen-bond acceptors (Lipinski definition) is 4. The van der Waals surface area contributed by atoms with Crippen molar-refractivity contribution >= 4 is 29.1 Å². The Bertz CT molecular complexity index is 1340. The average Bonchev–Trinajstić information content (AvgIpc) is 2.97. The second-order valence-corrected chi connectivity index (χ2v) is 9.23. The van der Waals surface area contributed by atoms with E-state index in [4.69, 9.17) is 5.73 Å². The summed E-state index contributed by atoms with van der Waals surface area (Å²) in [5.74, 6) is -3.64. The highest BCUT2D eigenvalue weighted by Crippen LogP contribution is 2.44. The molecule has 0 radical (unpaired) electrons. The number of carbonyl (C=O) groups is 3. The third kappa shape index (κ3) is 5.09. The van der Waals surface area contributed by atoms with Crippen molar-refractivity contribution in [3.05, 3.63) is 83.7 Å². The molecular formula is C29H29F2N3O3. The summed E-state index contributed by atoms with van der Waals surface area (Å²) in [6.45, 7) is 3.57. The third-order valence-electron chi connectivity index (χ3n) is 6.70. The molecule has 6 nitrogen and oxygen atoms in total. The molecule has 1 unspecified atom stereocenters. The van der Waals surface area contributed by atoms with Gasteiger partial charge in [0.15, 0.2) is 0 Å². The zero-order valence-corrected chi connectivity index (χ0v) is 20.8. The third-order valence-corrected chi connectivity index (χ3v) is 6.70. The van der Waals surface area contributed by atoms with Gasteiger partial charge < -0.3 is 5.73 Å². The number of carbonyl (C=O) groups excluding carboxylic acids is 3. The van der Waals surface area contributed by atoms with Gasteiger partial charge in [0.05, 0.1) is 18.0 Å². The fraction of sp³-hybridized carbons (Fsp3) is 0.276. The SMILES string of the molecule is CCCC[C@@H](C(=O)N1C(=O)C(C)c2ccccc2-c2c(N)cccc21)N(F)C(=O)Cc1cccc(F)c1. The van der Waals surface area contributed by atoms with E-state index in [1.165, 1.54) is 18.2 Å². The predicted molar refractivity (Wildman–Crippen MR) is 139 cm³/mol. The molecule has 0 aliphatic carbocycles. The largest absolute Gasteiger partial charge is 0.398 e. The van der Waals surface area contributed by atoms with Crippen molar-refractivity contribution in [3.8, 4) is 11.1 Å². The van der Waals surface area contributed by atoms with Crippen LogP contribution < -0.4 is 10.6 Å². The molecule has 8 heteroatoms. The topological polar surface area (TPSA) is 83.7 Å². The van der Waals surface area contributed by atoms with Gasteiger partial charge in [-0.2, -0.15) is 5.12 Å². The molecule has 37 heavy (non-hydrogen) atoms. The minimum Gasteiger partial charge on any atom is -0.398 e. The molecule has 0 bridgehead atoms. The molecule has 2 atom stereocenters. The number of fused-ring (bicyclic) bond motifs is 3. The number of amides is 3. The van der Waals surface area contributed by atoms with Crippen LogP contribution in [0.4, 0.5) is 20.2 Å². The lowest BCUT2D eigenvalue weighted by Gasteiger charge is -2.30. The fourth-order valence-corrected chi connectivity index (χ4v) is 4.76. The lowest BCUT2D eigenvalue weighted by Crippen LogP contribution is -2.51. The Labute approximate surface area is 214 Å². The van der Waals surface area contributed by atoms with Gasteiger partial charge in [-0.1, -0.05) is 66.7 Å². The lowest BCUT2D eigenvalue weighted by molar-refractivity contribution is -0.158. The summed E-state index contributed by atoms with van der Waals surface area (Å²) >= 11 is 0. The summed E-state index contributed by atoms with van der Waals surface area (Å²) in [7, 11) is 0. The second kappa shape index (κ2) is 10.9. The minimum atomic E-state index is -1.53. The minimum absolute atomic E-state index is 0.0173. The molecule has 3 aromatic rings. The number of halogens is 2. The smallest absolute Gasteiger partial charge is 0.259 e. The van der Waals surface area contributed by atoms with Gasteiger partial charge in [0.2, 0.25) is 5.91 Å². The number of anilines is 2. The van der Waals surface area contributed by atoms with Crippen LogP contribution in [0.1, 0.15) is 50.2 Å². The van der Waals surface area contributed by atoms with E-state index in [0.717, 1.165) is 16.5 Å². The van der Waals surface area contributed by atoms with Crippen LogP contribution in [0, 0.1) is 5.82 Å². The van der Waals surface area contributed by atoms with Crippen LogP contribution in [0.2, 0.25) is 0 Å². The molecule has 3 amide bonds. The molecule has 2 N–H and O–H groups in total. The summed E-state index contributed by atoms with van der Waals surface area (Å²) in [6, 6.07) is 15.9. The first kappa shape index (κ1) is 26.0. The normalized spacial score (nSPS) is 15.4. The molecule has 0 fully saturated rings. The summed E-state index contributed by atoms with van der Waals surface area (Å²) in [5, 5.41) is -0.106. The van der Waals surface area contributed by atoms with Crippen LogP contribution in [0.5, 0.6) is 0 Å². The molecule has 4 rings (SSSR count). The van der Waals surface area contributed by atoms with Gasteiger partial charge in [0.25, 0.3) is 11.8 Å². The molecule has 0 saturated heterocycles.